The molecular formula is C13H13N3O4. The minimum Gasteiger partial charge on any atom is -0.508 e. The Kier molecular flexibility index (Phi) is 5.19. The summed E-state index contributed by atoms with van der Waals surface area (Å²) in [4.78, 5) is 15.4. The van der Waals surface area contributed by atoms with Crippen LogP contribution in [0.25, 0.3) is 0 Å². The molecule has 104 valence electrons. The molecule has 0 atom stereocenters. The van der Waals surface area contributed by atoms with Gasteiger partial charge in [0.05, 0.1) is 6.21 Å². The Hall–Kier alpha value is -2.93. The number of nitrogens with one attached hydrogen (secondary N) is 1. The van der Waals surface area contributed by atoms with Crippen molar-refractivity contribution in [2.75, 3.05) is 0 Å². The van der Waals surface area contributed by atoms with E-state index < -0.39 is 0 Å². The molecule has 20 heavy (non-hydrogen) atoms. The van der Waals surface area contributed by atoms with Crippen LogP contribution in [0.2, 0.25) is 0 Å². The molecule has 2 rings (SSSR count). The van der Waals surface area contributed by atoms with Crippen molar-refractivity contribution in [1.29, 1.82) is 0 Å². The Morgan fingerprint density at radius 1 is 1.20 bits per heavy atom. The number of hydrogen-bond donors (Lipinski definition) is 3. The largest absolute Gasteiger partial charge is 0.508 e. The summed E-state index contributed by atoms with van der Waals surface area (Å²) in [6.07, 6.45) is 4.29. The van der Waals surface area contributed by atoms with Crippen LogP contribution in [0.4, 0.5) is 0 Å². The van der Waals surface area contributed by atoms with Gasteiger partial charge in [0.2, 0.25) is 0 Å². The SMILES string of the molecule is O.O=C(N/N=C/c1ccc(O)cc1O)c1ccncc1. The lowest BCUT2D eigenvalue weighted by Gasteiger charge is -2.00. The molecule has 1 aromatic heterocycles. The topological polar surface area (TPSA) is 126 Å². The molecule has 0 radical (unpaired) electrons. The molecule has 0 aliphatic carbocycles. The fourth-order valence-corrected chi connectivity index (χ4v) is 1.37. The predicted octanol–water partition coefficient (Wildman–Crippen LogP) is 0.432. The number of carbonyl (C=O) groups is 1. The standard InChI is InChI=1S/C13H11N3O3.H2O/c17-11-2-1-10(12(18)7-11)8-15-16-13(19)9-3-5-14-6-4-9;/h1-8,17-18H,(H,16,19);1H2/b15-8+;. The first-order chi connectivity index (χ1) is 9.16. The van der Waals surface area contributed by atoms with Crippen molar-refractivity contribution in [3.8, 4) is 11.5 Å². The maximum Gasteiger partial charge on any atom is 0.271 e. The fraction of sp³-hybridized carbons (Fsp3) is 0. The molecule has 0 aliphatic heterocycles. The Bertz CT molecular complexity index is 614. The van der Waals surface area contributed by atoms with Gasteiger partial charge >= 0.3 is 0 Å². The number of nitrogens with zero attached hydrogens (tertiary/aromatic N) is 2. The van der Waals surface area contributed by atoms with Crippen LogP contribution < -0.4 is 5.43 Å². The summed E-state index contributed by atoms with van der Waals surface area (Å²) in [5.41, 5.74) is 3.13. The van der Waals surface area contributed by atoms with E-state index in [-0.39, 0.29) is 22.9 Å². The van der Waals surface area contributed by atoms with Gasteiger partial charge in [-0.2, -0.15) is 5.10 Å². The van der Waals surface area contributed by atoms with Gasteiger partial charge in [0, 0.05) is 29.6 Å². The monoisotopic (exact) mass is 275 g/mol. The molecule has 1 aromatic carbocycles. The lowest BCUT2D eigenvalue weighted by atomic mass is 10.2. The smallest absolute Gasteiger partial charge is 0.271 e. The van der Waals surface area contributed by atoms with E-state index in [2.05, 4.69) is 15.5 Å². The Labute approximate surface area is 114 Å². The molecule has 5 N–H and O–H groups in total. The van der Waals surface area contributed by atoms with Crippen LogP contribution in [0.15, 0.2) is 47.8 Å². The number of hydrazone groups is 1. The molecule has 0 fully saturated rings. The van der Waals surface area contributed by atoms with Crippen molar-refractivity contribution in [2.24, 2.45) is 5.10 Å². The van der Waals surface area contributed by atoms with E-state index >= 15 is 0 Å². The molecule has 0 saturated carbocycles. The van der Waals surface area contributed by atoms with Crippen molar-refractivity contribution < 1.29 is 20.5 Å². The van der Waals surface area contributed by atoms with Gasteiger partial charge in [-0.25, -0.2) is 5.43 Å². The van der Waals surface area contributed by atoms with Gasteiger partial charge in [-0.1, -0.05) is 0 Å². The summed E-state index contributed by atoms with van der Waals surface area (Å²) < 4.78 is 0. The molecule has 2 aromatic rings. The highest BCUT2D eigenvalue weighted by Crippen LogP contribution is 2.20. The van der Waals surface area contributed by atoms with E-state index in [4.69, 9.17) is 5.11 Å². The quantitative estimate of drug-likeness (QED) is 0.554. The zero-order chi connectivity index (χ0) is 13.7. The predicted molar refractivity (Wildman–Crippen MR) is 72.7 cm³/mol. The van der Waals surface area contributed by atoms with Gasteiger partial charge in [0.15, 0.2) is 0 Å². The van der Waals surface area contributed by atoms with Crippen LogP contribution in [0.1, 0.15) is 15.9 Å². The van der Waals surface area contributed by atoms with E-state index in [1.807, 2.05) is 0 Å². The second-order valence-corrected chi connectivity index (χ2v) is 3.68. The third-order valence-corrected chi connectivity index (χ3v) is 2.33. The molecule has 7 nitrogen and oxygen atoms in total. The Morgan fingerprint density at radius 2 is 1.90 bits per heavy atom. The number of pyridine rings is 1. The second-order valence-electron chi connectivity index (χ2n) is 3.68. The Morgan fingerprint density at radius 3 is 2.55 bits per heavy atom. The number of aromatic hydroxyl groups is 2. The zero-order valence-corrected chi connectivity index (χ0v) is 10.3. The highest BCUT2D eigenvalue weighted by molar-refractivity contribution is 5.94. The van der Waals surface area contributed by atoms with Gasteiger partial charge in [-0.3, -0.25) is 9.78 Å². The zero-order valence-electron chi connectivity index (χ0n) is 10.3. The molecule has 0 saturated heterocycles. The van der Waals surface area contributed by atoms with E-state index in [1.165, 1.54) is 36.8 Å². The highest BCUT2D eigenvalue weighted by Gasteiger charge is 2.03. The summed E-state index contributed by atoms with van der Waals surface area (Å²) in [5, 5.41) is 22.3. The van der Waals surface area contributed by atoms with E-state index in [1.54, 1.807) is 12.1 Å². The molecule has 1 amide bonds. The first kappa shape index (κ1) is 15.1. The molecule has 0 bridgehead atoms. The normalized spacial score (nSPS) is 10.0. The maximum atomic E-state index is 11.6. The third-order valence-electron chi connectivity index (χ3n) is 2.33. The first-order valence-corrected chi connectivity index (χ1v) is 5.42. The van der Waals surface area contributed by atoms with E-state index in [0.717, 1.165) is 0 Å². The van der Waals surface area contributed by atoms with Gasteiger partial charge < -0.3 is 15.7 Å². The van der Waals surface area contributed by atoms with Crippen LogP contribution >= 0.6 is 0 Å². The molecule has 1 heterocycles. The number of phenols is 2. The minimum atomic E-state index is -0.378. The summed E-state index contributed by atoms with van der Waals surface area (Å²) in [6, 6.07) is 7.19. The molecule has 0 unspecified atom stereocenters. The average molecular weight is 275 g/mol. The lowest BCUT2D eigenvalue weighted by molar-refractivity contribution is 0.0955. The molecule has 7 heteroatoms. The van der Waals surface area contributed by atoms with Gasteiger partial charge in [-0.15, -0.1) is 0 Å². The summed E-state index contributed by atoms with van der Waals surface area (Å²) >= 11 is 0. The maximum absolute atomic E-state index is 11.6. The van der Waals surface area contributed by atoms with Crippen LogP contribution in [-0.2, 0) is 0 Å². The highest BCUT2D eigenvalue weighted by atomic mass is 16.3. The fourth-order valence-electron chi connectivity index (χ4n) is 1.37. The average Bonchev–Trinajstić information content (AvgIpc) is 2.42. The van der Waals surface area contributed by atoms with Gasteiger partial charge in [0.25, 0.3) is 5.91 Å². The number of phenolic OH excluding ortho intramolecular Hbond substituents is 2. The van der Waals surface area contributed by atoms with Crippen molar-refractivity contribution in [1.82, 2.24) is 10.4 Å². The van der Waals surface area contributed by atoms with Gasteiger partial charge in [0.1, 0.15) is 11.5 Å². The van der Waals surface area contributed by atoms with Gasteiger partial charge in [-0.05, 0) is 24.3 Å². The van der Waals surface area contributed by atoms with Crippen LogP contribution in [-0.4, -0.2) is 32.8 Å². The number of benzene rings is 1. The number of amides is 1. The van der Waals surface area contributed by atoms with Crippen LogP contribution in [0.5, 0.6) is 11.5 Å². The van der Waals surface area contributed by atoms with Crippen LogP contribution in [0.3, 0.4) is 0 Å². The molecular weight excluding hydrogens is 262 g/mol. The second kappa shape index (κ2) is 6.86. The van der Waals surface area contributed by atoms with Crippen molar-refractivity contribution in [3.63, 3.8) is 0 Å². The van der Waals surface area contributed by atoms with E-state index in [9.17, 15) is 9.90 Å². The molecule has 0 spiro atoms. The number of carbonyl (C=O) groups excluding carboxylic acids is 1. The minimum absolute atomic E-state index is 0. The number of aromatic nitrogens is 1. The Balaban J connectivity index is 0.00000200. The number of hydrogen-bond acceptors (Lipinski definition) is 5. The third kappa shape index (κ3) is 3.79. The van der Waals surface area contributed by atoms with Crippen LogP contribution in [0, 0.1) is 0 Å². The number of rotatable bonds is 3. The summed E-state index contributed by atoms with van der Waals surface area (Å²) in [5.74, 6) is -0.547. The van der Waals surface area contributed by atoms with Crippen molar-refractivity contribution in [3.05, 3.63) is 53.9 Å². The summed E-state index contributed by atoms with van der Waals surface area (Å²) in [7, 11) is 0. The van der Waals surface area contributed by atoms with Crippen molar-refractivity contribution >= 4 is 12.1 Å². The molecule has 0 aliphatic rings. The first-order valence-electron chi connectivity index (χ1n) is 5.42. The van der Waals surface area contributed by atoms with E-state index in [0.29, 0.717) is 11.1 Å². The van der Waals surface area contributed by atoms with Crippen molar-refractivity contribution in [2.45, 2.75) is 0 Å². The summed E-state index contributed by atoms with van der Waals surface area (Å²) in [6.45, 7) is 0. The lowest BCUT2D eigenvalue weighted by Crippen LogP contribution is -2.17.